The maximum Gasteiger partial charge on any atom is 0.220 e. The molecule has 1 rings (SSSR count). The van der Waals surface area contributed by atoms with E-state index < -0.39 is 49.5 Å². The molecule has 1 saturated heterocycles. The van der Waals surface area contributed by atoms with E-state index in [1.807, 2.05) is 6.08 Å². The summed E-state index contributed by atoms with van der Waals surface area (Å²) in [4.78, 5) is 12.8. The number of aliphatic hydroxyl groups excluding tert-OH is 5. The minimum atomic E-state index is -1.57. The first-order valence-corrected chi connectivity index (χ1v) is 17.5. The van der Waals surface area contributed by atoms with Crippen LogP contribution < -0.4 is 5.32 Å². The summed E-state index contributed by atoms with van der Waals surface area (Å²) in [5.41, 5.74) is 0. The van der Waals surface area contributed by atoms with Crippen molar-refractivity contribution in [2.45, 2.75) is 153 Å². The fourth-order valence-electron chi connectivity index (χ4n) is 4.97. The zero-order valence-electron chi connectivity index (χ0n) is 28.3. The molecule has 0 aromatic rings. The third kappa shape index (κ3) is 19.5. The Kier molecular flexibility index (Phi) is 25.5. The zero-order valence-corrected chi connectivity index (χ0v) is 28.3. The first-order valence-electron chi connectivity index (χ1n) is 17.5. The number of unbranched alkanes of at least 4 members (excludes halogenated alkanes) is 8. The highest BCUT2D eigenvalue weighted by molar-refractivity contribution is 5.76. The predicted molar refractivity (Wildman–Crippen MR) is 184 cm³/mol. The van der Waals surface area contributed by atoms with Crippen LogP contribution in [0.25, 0.3) is 0 Å². The van der Waals surface area contributed by atoms with Gasteiger partial charge in [0.1, 0.15) is 24.4 Å². The number of hydrogen-bond donors (Lipinski definition) is 6. The molecule has 9 heteroatoms. The van der Waals surface area contributed by atoms with Crippen molar-refractivity contribution in [2.24, 2.45) is 0 Å². The summed E-state index contributed by atoms with van der Waals surface area (Å²) < 4.78 is 11.1. The van der Waals surface area contributed by atoms with Crippen LogP contribution in [0.3, 0.4) is 0 Å². The Labute approximate surface area is 277 Å². The summed E-state index contributed by atoms with van der Waals surface area (Å²) >= 11 is 0. The van der Waals surface area contributed by atoms with Gasteiger partial charge < -0.3 is 40.3 Å². The second-order valence-corrected chi connectivity index (χ2v) is 11.9. The van der Waals surface area contributed by atoms with Gasteiger partial charge in [-0.05, 0) is 57.8 Å². The largest absolute Gasteiger partial charge is 0.394 e. The molecule has 0 spiro atoms. The van der Waals surface area contributed by atoms with E-state index in [2.05, 4.69) is 67.8 Å². The summed E-state index contributed by atoms with van der Waals surface area (Å²) in [7, 11) is 0. The third-order valence-electron chi connectivity index (χ3n) is 7.85. The lowest BCUT2D eigenvalue weighted by Crippen LogP contribution is -2.60. The van der Waals surface area contributed by atoms with Crippen LogP contribution in [0.2, 0.25) is 0 Å². The smallest absolute Gasteiger partial charge is 0.220 e. The van der Waals surface area contributed by atoms with Gasteiger partial charge in [-0.3, -0.25) is 4.79 Å². The quantitative estimate of drug-likeness (QED) is 0.0545. The van der Waals surface area contributed by atoms with Gasteiger partial charge in [-0.15, -0.1) is 0 Å². The molecule has 1 heterocycles. The number of allylic oxidation sites excluding steroid dienone is 9. The summed E-state index contributed by atoms with van der Waals surface area (Å²) in [6.45, 7) is 3.51. The molecule has 1 aliphatic heterocycles. The molecular formula is C37H63NO8. The molecule has 0 aromatic heterocycles. The minimum absolute atomic E-state index is 0.204. The molecule has 7 unspecified atom stereocenters. The molecule has 1 aliphatic rings. The van der Waals surface area contributed by atoms with Crippen LogP contribution >= 0.6 is 0 Å². The predicted octanol–water partition coefficient (Wildman–Crippen LogP) is 5.32. The first kappa shape index (κ1) is 41.9. The average molecular weight is 650 g/mol. The van der Waals surface area contributed by atoms with Gasteiger partial charge in [0.05, 0.1) is 25.4 Å². The number of carbonyl (C=O) groups excluding carboxylic acids is 1. The van der Waals surface area contributed by atoms with E-state index >= 15 is 0 Å². The van der Waals surface area contributed by atoms with E-state index in [4.69, 9.17) is 9.47 Å². The Morgan fingerprint density at radius 3 is 1.98 bits per heavy atom. The van der Waals surface area contributed by atoms with E-state index in [0.29, 0.717) is 6.42 Å². The maximum atomic E-state index is 12.8. The van der Waals surface area contributed by atoms with Crippen molar-refractivity contribution in [1.29, 1.82) is 0 Å². The number of carbonyl (C=O) groups is 1. The fourth-order valence-corrected chi connectivity index (χ4v) is 4.97. The molecule has 9 nitrogen and oxygen atoms in total. The molecule has 0 bridgehead atoms. The lowest BCUT2D eigenvalue weighted by atomic mass is 9.99. The van der Waals surface area contributed by atoms with Crippen molar-refractivity contribution < 1.29 is 39.8 Å². The summed E-state index contributed by atoms with van der Waals surface area (Å²) in [6.07, 6.45) is 27.2. The van der Waals surface area contributed by atoms with Gasteiger partial charge in [-0.1, -0.05) is 107 Å². The summed E-state index contributed by atoms with van der Waals surface area (Å²) in [6, 6.07) is -0.815. The Hall–Kier alpha value is -2.11. The van der Waals surface area contributed by atoms with Crippen molar-refractivity contribution in [1.82, 2.24) is 5.32 Å². The molecule has 7 atom stereocenters. The third-order valence-corrected chi connectivity index (χ3v) is 7.85. The Morgan fingerprint density at radius 2 is 1.35 bits per heavy atom. The van der Waals surface area contributed by atoms with Gasteiger partial charge >= 0.3 is 0 Å². The summed E-state index contributed by atoms with van der Waals surface area (Å²) in [5, 5.41) is 53.5. The molecule has 264 valence electrons. The van der Waals surface area contributed by atoms with E-state index in [9.17, 15) is 30.3 Å². The fraction of sp³-hybridized carbons (Fsp3) is 0.703. The van der Waals surface area contributed by atoms with E-state index in [0.717, 1.165) is 89.9 Å². The van der Waals surface area contributed by atoms with Crippen molar-refractivity contribution in [3.63, 3.8) is 0 Å². The highest BCUT2D eigenvalue weighted by Gasteiger charge is 2.44. The number of amides is 1. The standard InChI is InChI=1S/C37H63NO8/c1-3-5-7-9-11-12-13-14-15-16-17-18-19-20-21-23-25-27-33(41)38-30(31(40)26-24-22-10-8-6-4-2)29-45-37-36(44)35(43)34(42)32(28-39)46-37/h5,7,11-12,14-15,17-18,24,26,30-32,34-37,39-40,42-44H,3-4,6,8-10,13,16,19-23,25,27-29H2,1-2H3,(H,38,41)/b7-5-,12-11-,15-14-,18-17-,26-24+. The number of aliphatic hydroxyl groups is 5. The van der Waals surface area contributed by atoms with Gasteiger partial charge in [-0.2, -0.15) is 0 Å². The monoisotopic (exact) mass is 649 g/mol. The molecule has 0 aromatic carbocycles. The SMILES string of the molecule is CC/C=C\C/C=C\C/C=C\C/C=C\CCCCCCC(=O)NC(COC1OC(CO)C(O)C(O)C1O)C(O)/C=C/CCCCCC. The normalized spacial score (nSPS) is 23.8. The van der Waals surface area contributed by atoms with Gasteiger partial charge in [-0.25, -0.2) is 0 Å². The molecule has 6 N–H and O–H groups in total. The van der Waals surface area contributed by atoms with Gasteiger partial charge in [0.25, 0.3) is 0 Å². The molecule has 0 radical (unpaired) electrons. The van der Waals surface area contributed by atoms with Crippen molar-refractivity contribution in [2.75, 3.05) is 13.2 Å². The van der Waals surface area contributed by atoms with E-state index in [1.54, 1.807) is 6.08 Å². The Morgan fingerprint density at radius 1 is 0.761 bits per heavy atom. The molecule has 46 heavy (non-hydrogen) atoms. The van der Waals surface area contributed by atoms with Crippen LogP contribution in [0, 0.1) is 0 Å². The average Bonchev–Trinajstić information content (AvgIpc) is 3.05. The van der Waals surface area contributed by atoms with Crippen LogP contribution in [0.1, 0.15) is 110 Å². The lowest BCUT2D eigenvalue weighted by molar-refractivity contribution is -0.302. The summed E-state index contributed by atoms with van der Waals surface area (Å²) in [5.74, 6) is -0.211. The molecular weight excluding hydrogens is 586 g/mol. The number of hydrogen-bond acceptors (Lipinski definition) is 8. The Bertz CT molecular complexity index is 900. The molecule has 0 aliphatic carbocycles. The molecule has 0 saturated carbocycles. The van der Waals surface area contributed by atoms with Crippen molar-refractivity contribution >= 4 is 5.91 Å². The van der Waals surface area contributed by atoms with Crippen molar-refractivity contribution in [3.8, 4) is 0 Å². The first-order chi connectivity index (χ1) is 22.3. The van der Waals surface area contributed by atoms with Crippen LogP contribution in [0.4, 0.5) is 0 Å². The van der Waals surface area contributed by atoms with Gasteiger partial charge in [0, 0.05) is 6.42 Å². The van der Waals surface area contributed by atoms with E-state index in [1.165, 1.54) is 0 Å². The van der Waals surface area contributed by atoms with E-state index in [-0.39, 0.29) is 12.5 Å². The zero-order chi connectivity index (χ0) is 33.8. The van der Waals surface area contributed by atoms with Crippen LogP contribution in [0.5, 0.6) is 0 Å². The number of rotatable bonds is 26. The number of nitrogens with one attached hydrogen (secondary N) is 1. The maximum absolute atomic E-state index is 12.8. The second-order valence-electron chi connectivity index (χ2n) is 11.9. The minimum Gasteiger partial charge on any atom is -0.394 e. The van der Waals surface area contributed by atoms with Crippen LogP contribution in [-0.4, -0.2) is 87.5 Å². The second kappa shape index (κ2) is 28.0. The number of ether oxygens (including phenoxy) is 2. The van der Waals surface area contributed by atoms with Crippen LogP contribution in [-0.2, 0) is 14.3 Å². The van der Waals surface area contributed by atoms with Gasteiger partial charge in [0.15, 0.2) is 6.29 Å². The molecule has 1 amide bonds. The Balaban J connectivity index is 2.43. The van der Waals surface area contributed by atoms with Crippen molar-refractivity contribution in [3.05, 3.63) is 60.8 Å². The van der Waals surface area contributed by atoms with Gasteiger partial charge in [0.2, 0.25) is 5.91 Å². The van der Waals surface area contributed by atoms with Crippen LogP contribution in [0.15, 0.2) is 60.8 Å². The highest BCUT2D eigenvalue weighted by atomic mass is 16.7. The topological polar surface area (TPSA) is 149 Å². The molecule has 1 fully saturated rings. The highest BCUT2D eigenvalue weighted by Crippen LogP contribution is 2.22. The lowest BCUT2D eigenvalue weighted by Gasteiger charge is -2.40.